The summed E-state index contributed by atoms with van der Waals surface area (Å²) in [4.78, 5) is 11.5. The first-order chi connectivity index (χ1) is 7.50. The number of methoxy groups -OCH3 is 1. The van der Waals surface area contributed by atoms with Gasteiger partial charge in [-0.3, -0.25) is 0 Å². The molecule has 0 aromatic heterocycles. The van der Waals surface area contributed by atoms with Gasteiger partial charge < -0.3 is 9.16 Å². The van der Waals surface area contributed by atoms with E-state index in [-0.39, 0.29) is 6.42 Å². The van der Waals surface area contributed by atoms with Gasteiger partial charge in [0.1, 0.15) is 0 Å². The van der Waals surface area contributed by atoms with Crippen LogP contribution in [0, 0.1) is 0 Å². The molecule has 1 atom stereocenters. The summed E-state index contributed by atoms with van der Waals surface area (Å²) in [6, 6.07) is 0. The van der Waals surface area contributed by atoms with E-state index >= 15 is 0 Å². The van der Waals surface area contributed by atoms with Crippen LogP contribution in [0.1, 0.15) is 19.8 Å². The van der Waals surface area contributed by atoms with Gasteiger partial charge in [-0.1, -0.05) is 13.3 Å². The SMILES string of the molecule is CCCC(O[Si](C)(C)C)(C(=O)OC)C(F)(F)F. The number of alkyl halides is 3. The van der Waals surface area contributed by atoms with Crippen LogP contribution in [0.15, 0.2) is 0 Å². The van der Waals surface area contributed by atoms with E-state index < -0.39 is 32.5 Å². The fraction of sp³-hybridized carbons (Fsp3) is 0.900. The minimum atomic E-state index is -4.77. The van der Waals surface area contributed by atoms with Gasteiger partial charge in [0.25, 0.3) is 5.60 Å². The molecule has 0 N–H and O–H groups in total. The van der Waals surface area contributed by atoms with Crippen molar-refractivity contribution in [3.8, 4) is 0 Å². The molecule has 0 saturated heterocycles. The number of halogens is 3. The first-order valence-corrected chi connectivity index (χ1v) is 8.76. The summed E-state index contributed by atoms with van der Waals surface area (Å²) in [5.41, 5.74) is -2.82. The second kappa shape index (κ2) is 5.39. The molecule has 0 spiro atoms. The Labute approximate surface area is 100 Å². The van der Waals surface area contributed by atoms with Crippen LogP contribution in [0.2, 0.25) is 19.6 Å². The molecule has 7 heteroatoms. The number of ether oxygens (including phenoxy) is 1. The molecule has 0 heterocycles. The highest BCUT2D eigenvalue weighted by atomic mass is 28.4. The third-order valence-electron chi connectivity index (χ3n) is 2.06. The van der Waals surface area contributed by atoms with E-state index in [1.807, 2.05) is 0 Å². The standard InChI is InChI=1S/C10H19F3O3Si/c1-6-7-9(8(14)15-2,10(11,12)13)16-17(3,4)5/h6-7H2,1-5H3. The van der Waals surface area contributed by atoms with E-state index in [2.05, 4.69) is 4.74 Å². The zero-order valence-electron chi connectivity index (χ0n) is 10.8. The van der Waals surface area contributed by atoms with Crippen molar-refractivity contribution in [1.82, 2.24) is 0 Å². The summed E-state index contributed by atoms with van der Waals surface area (Å²) in [5.74, 6) is -1.37. The van der Waals surface area contributed by atoms with Gasteiger partial charge in [0.2, 0.25) is 0 Å². The van der Waals surface area contributed by atoms with Crippen molar-refractivity contribution in [2.75, 3.05) is 7.11 Å². The van der Waals surface area contributed by atoms with Gasteiger partial charge in [-0.05, 0) is 26.1 Å². The van der Waals surface area contributed by atoms with E-state index in [0.717, 1.165) is 7.11 Å². The molecule has 0 fully saturated rings. The lowest BCUT2D eigenvalue weighted by Crippen LogP contribution is -2.59. The number of carbonyl (C=O) groups excluding carboxylic acids is 1. The van der Waals surface area contributed by atoms with Crippen molar-refractivity contribution in [1.29, 1.82) is 0 Å². The van der Waals surface area contributed by atoms with Crippen molar-refractivity contribution in [2.24, 2.45) is 0 Å². The second-order valence-corrected chi connectivity index (χ2v) is 9.21. The number of hydrogen-bond acceptors (Lipinski definition) is 3. The highest BCUT2D eigenvalue weighted by Gasteiger charge is 2.63. The maximum atomic E-state index is 13.1. The minimum Gasteiger partial charge on any atom is -0.467 e. The summed E-state index contributed by atoms with van der Waals surface area (Å²) >= 11 is 0. The fourth-order valence-corrected chi connectivity index (χ4v) is 2.90. The number of hydrogen-bond donors (Lipinski definition) is 0. The van der Waals surface area contributed by atoms with Gasteiger partial charge in [-0.25, -0.2) is 4.79 Å². The average Bonchev–Trinajstić information content (AvgIpc) is 2.11. The van der Waals surface area contributed by atoms with E-state index in [0.29, 0.717) is 0 Å². The molecule has 0 saturated carbocycles. The Hall–Kier alpha value is -0.563. The van der Waals surface area contributed by atoms with Gasteiger partial charge in [0.05, 0.1) is 7.11 Å². The Morgan fingerprint density at radius 3 is 1.94 bits per heavy atom. The number of carbonyl (C=O) groups is 1. The van der Waals surface area contributed by atoms with E-state index in [9.17, 15) is 18.0 Å². The molecule has 0 aliphatic rings. The van der Waals surface area contributed by atoms with Crippen LogP contribution in [0.5, 0.6) is 0 Å². The number of rotatable bonds is 5. The Bertz CT molecular complexity index is 273. The van der Waals surface area contributed by atoms with Crippen LogP contribution in [-0.4, -0.2) is 33.2 Å². The van der Waals surface area contributed by atoms with E-state index in [1.54, 1.807) is 26.6 Å². The van der Waals surface area contributed by atoms with Crippen LogP contribution in [-0.2, 0) is 14.0 Å². The summed E-state index contributed by atoms with van der Waals surface area (Å²) in [5, 5.41) is 0. The van der Waals surface area contributed by atoms with Gasteiger partial charge in [-0.15, -0.1) is 0 Å². The van der Waals surface area contributed by atoms with Crippen molar-refractivity contribution < 1.29 is 27.1 Å². The summed E-state index contributed by atoms with van der Waals surface area (Å²) in [6.45, 7) is 6.38. The van der Waals surface area contributed by atoms with Gasteiger partial charge in [-0.2, -0.15) is 13.2 Å². The summed E-state index contributed by atoms with van der Waals surface area (Å²) < 4.78 is 48.8. The molecule has 17 heavy (non-hydrogen) atoms. The molecule has 0 bridgehead atoms. The molecule has 0 aromatic carbocycles. The Balaban J connectivity index is 5.49. The summed E-state index contributed by atoms with van der Waals surface area (Å²) in [7, 11) is -1.60. The zero-order valence-corrected chi connectivity index (χ0v) is 11.8. The maximum absolute atomic E-state index is 13.1. The van der Waals surface area contributed by atoms with Crippen molar-refractivity contribution in [2.45, 2.75) is 51.2 Å². The first-order valence-electron chi connectivity index (χ1n) is 5.35. The highest BCUT2D eigenvalue weighted by molar-refractivity contribution is 6.70. The Kier molecular flexibility index (Phi) is 5.21. The summed E-state index contributed by atoms with van der Waals surface area (Å²) in [6.07, 6.45) is -5.01. The lowest BCUT2D eigenvalue weighted by Gasteiger charge is -2.37. The molecular formula is C10H19F3O3Si. The average molecular weight is 272 g/mol. The quantitative estimate of drug-likeness (QED) is 0.570. The predicted octanol–water partition coefficient (Wildman–Crippen LogP) is 3.11. The fourth-order valence-electron chi connectivity index (χ4n) is 1.55. The minimum absolute atomic E-state index is 0.180. The predicted molar refractivity (Wildman–Crippen MR) is 60.1 cm³/mol. The molecule has 0 aliphatic carbocycles. The smallest absolute Gasteiger partial charge is 0.427 e. The van der Waals surface area contributed by atoms with Crippen LogP contribution in [0.3, 0.4) is 0 Å². The first kappa shape index (κ1) is 16.4. The lowest BCUT2D eigenvalue weighted by molar-refractivity contribution is -0.257. The monoisotopic (exact) mass is 272 g/mol. The van der Waals surface area contributed by atoms with Crippen molar-refractivity contribution in [3.63, 3.8) is 0 Å². The van der Waals surface area contributed by atoms with E-state index in [1.165, 1.54) is 0 Å². The van der Waals surface area contributed by atoms with Gasteiger partial charge >= 0.3 is 12.1 Å². The number of esters is 1. The molecular weight excluding hydrogens is 253 g/mol. The Morgan fingerprint density at radius 1 is 1.24 bits per heavy atom. The normalized spacial score (nSPS) is 16.5. The van der Waals surface area contributed by atoms with Crippen molar-refractivity contribution >= 4 is 14.3 Å². The third kappa shape index (κ3) is 3.99. The molecule has 0 aliphatic heterocycles. The molecule has 0 radical (unpaired) electrons. The largest absolute Gasteiger partial charge is 0.467 e. The molecule has 3 nitrogen and oxygen atoms in total. The second-order valence-electron chi connectivity index (χ2n) is 4.78. The van der Waals surface area contributed by atoms with Crippen LogP contribution >= 0.6 is 0 Å². The van der Waals surface area contributed by atoms with Crippen LogP contribution in [0.25, 0.3) is 0 Å². The molecule has 0 rings (SSSR count). The van der Waals surface area contributed by atoms with Gasteiger partial charge in [0.15, 0.2) is 8.32 Å². The third-order valence-corrected chi connectivity index (χ3v) is 3.02. The van der Waals surface area contributed by atoms with Crippen LogP contribution < -0.4 is 0 Å². The topological polar surface area (TPSA) is 35.5 Å². The molecule has 0 amide bonds. The van der Waals surface area contributed by atoms with Gasteiger partial charge in [0, 0.05) is 0 Å². The highest BCUT2D eigenvalue weighted by Crippen LogP contribution is 2.40. The molecule has 0 aromatic rings. The molecule has 102 valence electrons. The zero-order chi connectivity index (χ0) is 13.9. The van der Waals surface area contributed by atoms with Crippen molar-refractivity contribution in [3.05, 3.63) is 0 Å². The van der Waals surface area contributed by atoms with Crippen LogP contribution in [0.4, 0.5) is 13.2 Å². The van der Waals surface area contributed by atoms with E-state index in [4.69, 9.17) is 4.43 Å². The maximum Gasteiger partial charge on any atom is 0.427 e. The Morgan fingerprint density at radius 2 is 1.71 bits per heavy atom. The molecule has 1 unspecified atom stereocenters. The lowest BCUT2D eigenvalue weighted by atomic mass is 9.98.